The molecule has 0 amide bonds. The first-order valence-corrected chi connectivity index (χ1v) is 10.9. The first-order valence-electron chi connectivity index (χ1n) is 10.9. The number of nitrogens with zero attached hydrogens (tertiary/aromatic N) is 3. The number of hydrogen-bond donors (Lipinski definition) is 0. The van der Waals surface area contributed by atoms with Crippen molar-refractivity contribution < 1.29 is 4.79 Å². The number of Topliss-reactive ketones (excluding diaryl/α,β-unsaturated/α-hetero) is 1. The lowest BCUT2D eigenvalue weighted by Crippen LogP contribution is -2.44. The van der Waals surface area contributed by atoms with E-state index in [0.717, 1.165) is 19.3 Å². The van der Waals surface area contributed by atoms with Crippen LogP contribution in [-0.4, -0.2) is 39.6 Å². The maximum Gasteiger partial charge on any atom is 0.138 e. The molecule has 0 spiro atoms. The van der Waals surface area contributed by atoms with Gasteiger partial charge < -0.3 is 4.90 Å². The number of carbonyl (C=O) groups is 1. The third-order valence-corrected chi connectivity index (χ3v) is 6.12. The summed E-state index contributed by atoms with van der Waals surface area (Å²) in [5.41, 5.74) is 1.34. The van der Waals surface area contributed by atoms with Gasteiger partial charge in [-0.3, -0.25) is 9.48 Å². The van der Waals surface area contributed by atoms with E-state index in [1.165, 1.54) is 44.3 Å². The van der Waals surface area contributed by atoms with Crippen molar-refractivity contribution in [3.05, 3.63) is 18.0 Å². The molecule has 0 N–H and O–H groups in total. The van der Waals surface area contributed by atoms with E-state index in [-0.39, 0.29) is 5.92 Å². The molecule has 2 aliphatic rings. The van der Waals surface area contributed by atoms with Gasteiger partial charge in [-0.05, 0) is 50.5 Å². The van der Waals surface area contributed by atoms with Gasteiger partial charge in [0.25, 0.3) is 0 Å². The average molecular weight is 362 g/mol. The predicted octanol–water partition coefficient (Wildman–Crippen LogP) is 4.89. The monoisotopic (exact) mass is 361 g/mol. The Bertz CT molecular complexity index is 535. The summed E-state index contributed by atoms with van der Waals surface area (Å²) in [6.07, 6.45) is 12.3. The zero-order valence-corrected chi connectivity index (χ0v) is 17.6. The van der Waals surface area contributed by atoms with E-state index in [9.17, 15) is 4.79 Å². The second-order valence-electron chi connectivity index (χ2n) is 8.01. The fourth-order valence-corrected chi connectivity index (χ4v) is 4.47. The maximum absolute atomic E-state index is 12.2. The fraction of sp³-hybridized carbons (Fsp3) is 0.818. The van der Waals surface area contributed by atoms with Crippen LogP contribution in [0.3, 0.4) is 0 Å². The molecule has 1 aliphatic heterocycles. The summed E-state index contributed by atoms with van der Waals surface area (Å²) in [6, 6.07) is 1.27. The highest BCUT2D eigenvalue weighted by molar-refractivity contribution is 5.82. The molecule has 148 valence electrons. The molecule has 1 aromatic rings. The molecule has 2 fully saturated rings. The van der Waals surface area contributed by atoms with Crippen molar-refractivity contribution in [2.75, 3.05) is 13.1 Å². The van der Waals surface area contributed by atoms with Crippen LogP contribution in [0.25, 0.3) is 0 Å². The molecular formula is C22H39N3O. The van der Waals surface area contributed by atoms with Crippen LogP contribution >= 0.6 is 0 Å². The van der Waals surface area contributed by atoms with Gasteiger partial charge in [-0.1, -0.05) is 34.6 Å². The molecule has 0 aromatic carbocycles. The molecular weight excluding hydrogens is 322 g/mol. The summed E-state index contributed by atoms with van der Waals surface area (Å²) in [4.78, 5) is 14.9. The summed E-state index contributed by atoms with van der Waals surface area (Å²) >= 11 is 0. The summed E-state index contributed by atoms with van der Waals surface area (Å²) in [5, 5.41) is 4.55. The second kappa shape index (κ2) is 10.2. The Balaban J connectivity index is 0.00000117. The van der Waals surface area contributed by atoms with Gasteiger partial charge in [0.1, 0.15) is 5.78 Å². The summed E-state index contributed by atoms with van der Waals surface area (Å²) in [7, 11) is 0. The van der Waals surface area contributed by atoms with Crippen LogP contribution in [0.5, 0.6) is 0 Å². The van der Waals surface area contributed by atoms with Gasteiger partial charge >= 0.3 is 0 Å². The van der Waals surface area contributed by atoms with E-state index in [1.54, 1.807) is 0 Å². The summed E-state index contributed by atoms with van der Waals surface area (Å²) in [6.45, 7) is 12.6. The number of aryl methyl sites for hydroxylation is 1. The molecule has 0 radical (unpaired) electrons. The van der Waals surface area contributed by atoms with Crippen LogP contribution in [0, 0.1) is 11.8 Å². The molecule has 3 rings (SSSR count). The quantitative estimate of drug-likeness (QED) is 0.749. The lowest BCUT2D eigenvalue weighted by molar-refractivity contribution is -0.127. The lowest BCUT2D eigenvalue weighted by atomic mass is 9.79. The summed E-state index contributed by atoms with van der Waals surface area (Å²) < 4.78 is 2.19. The number of piperidine rings is 1. The van der Waals surface area contributed by atoms with E-state index < -0.39 is 0 Å². The van der Waals surface area contributed by atoms with E-state index in [1.807, 2.05) is 33.9 Å². The van der Waals surface area contributed by atoms with Crippen molar-refractivity contribution in [1.82, 2.24) is 14.7 Å². The number of aromatic nitrogens is 2. The smallest absolute Gasteiger partial charge is 0.138 e. The minimum atomic E-state index is 0.198. The first kappa shape index (κ1) is 21.1. The molecule has 0 atom stereocenters. The Kier molecular flexibility index (Phi) is 8.33. The van der Waals surface area contributed by atoms with Crippen LogP contribution in [0.4, 0.5) is 0 Å². The Morgan fingerprint density at radius 1 is 1.08 bits per heavy atom. The van der Waals surface area contributed by atoms with Crippen molar-refractivity contribution in [3.63, 3.8) is 0 Å². The number of rotatable bonds is 5. The zero-order chi connectivity index (χ0) is 19.1. The van der Waals surface area contributed by atoms with Crippen molar-refractivity contribution in [2.24, 2.45) is 11.8 Å². The maximum atomic E-state index is 12.2. The van der Waals surface area contributed by atoms with Gasteiger partial charge in [0.15, 0.2) is 0 Å². The van der Waals surface area contributed by atoms with Crippen molar-refractivity contribution in [1.29, 1.82) is 0 Å². The molecule has 26 heavy (non-hydrogen) atoms. The topological polar surface area (TPSA) is 38.1 Å². The van der Waals surface area contributed by atoms with Crippen LogP contribution in [-0.2, 0) is 11.2 Å². The van der Waals surface area contributed by atoms with E-state index in [4.69, 9.17) is 0 Å². The van der Waals surface area contributed by atoms with Crippen molar-refractivity contribution in [2.45, 2.75) is 91.6 Å². The molecule has 4 heteroatoms. The highest BCUT2D eigenvalue weighted by Crippen LogP contribution is 2.32. The van der Waals surface area contributed by atoms with E-state index in [2.05, 4.69) is 27.8 Å². The average Bonchev–Trinajstić information content (AvgIpc) is 3.18. The Labute approximate surface area is 160 Å². The predicted molar refractivity (Wildman–Crippen MR) is 108 cm³/mol. The second-order valence-corrected chi connectivity index (χ2v) is 8.01. The molecule has 2 heterocycles. The van der Waals surface area contributed by atoms with Gasteiger partial charge in [0, 0.05) is 37.2 Å². The first-order chi connectivity index (χ1) is 12.6. The van der Waals surface area contributed by atoms with Crippen molar-refractivity contribution >= 4 is 5.78 Å². The van der Waals surface area contributed by atoms with Gasteiger partial charge in [-0.2, -0.15) is 5.10 Å². The molecule has 0 bridgehead atoms. The number of carbonyl (C=O) groups excluding carboxylic acids is 1. The molecule has 1 saturated heterocycles. The number of likely N-dealkylation sites (tertiary alicyclic amines) is 1. The fourth-order valence-electron chi connectivity index (χ4n) is 4.47. The standard InChI is InChI=1S/C20H33N3O.C2H6/c1-4-16-13-21-23(14-16)19-9-11-22(12-10-19)18-7-5-17(6-8-18)20(24)15(2)3;1-2/h13-15,17-19H,4-12H2,1-3H3;1-2H3. The highest BCUT2D eigenvalue weighted by Gasteiger charge is 2.32. The largest absolute Gasteiger partial charge is 0.300 e. The SMILES string of the molecule is CC.CCc1cnn(C2CCN(C3CCC(C(=O)C(C)C)CC3)CC2)c1. The van der Waals surface area contributed by atoms with Crippen LogP contribution in [0.2, 0.25) is 0 Å². The highest BCUT2D eigenvalue weighted by atomic mass is 16.1. The molecule has 1 aromatic heterocycles. The molecule has 0 unspecified atom stereocenters. The lowest BCUT2D eigenvalue weighted by Gasteiger charge is -2.40. The van der Waals surface area contributed by atoms with Crippen LogP contribution in [0.1, 0.15) is 84.7 Å². The van der Waals surface area contributed by atoms with Gasteiger partial charge in [0.05, 0.1) is 12.2 Å². The number of ketones is 1. The number of hydrogen-bond acceptors (Lipinski definition) is 3. The minimum Gasteiger partial charge on any atom is -0.300 e. The molecule has 1 saturated carbocycles. The molecule has 1 aliphatic carbocycles. The van der Waals surface area contributed by atoms with Gasteiger partial charge in [0.2, 0.25) is 0 Å². The van der Waals surface area contributed by atoms with Crippen LogP contribution < -0.4 is 0 Å². The zero-order valence-electron chi connectivity index (χ0n) is 17.6. The van der Waals surface area contributed by atoms with Gasteiger partial charge in [-0.25, -0.2) is 0 Å². The third-order valence-electron chi connectivity index (χ3n) is 6.12. The normalized spacial score (nSPS) is 25.0. The van der Waals surface area contributed by atoms with Crippen LogP contribution in [0.15, 0.2) is 12.4 Å². The Morgan fingerprint density at radius 2 is 1.69 bits per heavy atom. The summed E-state index contributed by atoms with van der Waals surface area (Å²) in [5.74, 6) is 1.01. The Hall–Kier alpha value is -1.16. The van der Waals surface area contributed by atoms with Gasteiger partial charge in [-0.15, -0.1) is 0 Å². The van der Waals surface area contributed by atoms with E-state index in [0.29, 0.717) is 23.8 Å². The van der Waals surface area contributed by atoms with Crippen molar-refractivity contribution in [3.8, 4) is 0 Å². The van der Waals surface area contributed by atoms with E-state index >= 15 is 0 Å². The molecule has 4 nitrogen and oxygen atoms in total. The minimum absolute atomic E-state index is 0.198. The third kappa shape index (κ3) is 5.18. The Morgan fingerprint density at radius 3 is 2.19 bits per heavy atom.